The predicted molar refractivity (Wildman–Crippen MR) is 102 cm³/mol. The van der Waals surface area contributed by atoms with Crippen LogP contribution in [0.4, 0.5) is 0 Å². The monoisotopic (exact) mass is 398 g/mol. The van der Waals surface area contributed by atoms with Crippen molar-refractivity contribution in [3.63, 3.8) is 0 Å². The Hall–Kier alpha value is -3.00. The Kier molecular flexibility index (Phi) is 5.21. The van der Waals surface area contributed by atoms with Gasteiger partial charge in [-0.3, -0.25) is 4.79 Å². The van der Waals surface area contributed by atoms with Gasteiger partial charge >= 0.3 is 5.97 Å². The van der Waals surface area contributed by atoms with Crippen LogP contribution < -0.4 is 0 Å². The van der Waals surface area contributed by atoms with Gasteiger partial charge in [-0.15, -0.1) is 11.8 Å². The van der Waals surface area contributed by atoms with Crippen molar-refractivity contribution in [2.24, 2.45) is 0 Å². The number of esters is 1. The van der Waals surface area contributed by atoms with E-state index in [1.807, 2.05) is 30.3 Å². The molecule has 2 aromatic heterocycles. The summed E-state index contributed by atoms with van der Waals surface area (Å²) < 4.78 is 16.4. The second kappa shape index (κ2) is 7.93. The van der Waals surface area contributed by atoms with Gasteiger partial charge < -0.3 is 18.5 Å². The summed E-state index contributed by atoms with van der Waals surface area (Å²) in [6, 6.07) is 12.4. The molecule has 7 nitrogen and oxygen atoms in total. The standard InChI is InChI=1S/C20H18N2O5S/c1-13(23)22-15(12-28-19(22)16-8-5-9-25-16)20(24)26-11-18-21-10-17(27-18)14-6-3-2-4-7-14/h2-10,15,19H,11-12H2,1H3/t15-,19-/m1/s1. The van der Waals surface area contributed by atoms with Crippen LogP contribution in [0.5, 0.6) is 0 Å². The van der Waals surface area contributed by atoms with Crippen molar-refractivity contribution in [1.29, 1.82) is 0 Å². The maximum absolute atomic E-state index is 12.6. The van der Waals surface area contributed by atoms with Crippen LogP contribution >= 0.6 is 11.8 Å². The number of nitrogens with zero attached hydrogens (tertiary/aromatic N) is 2. The van der Waals surface area contributed by atoms with Gasteiger partial charge in [0.05, 0.1) is 12.5 Å². The molecule has 1 aromatic carbocycles. The van der Waals surface area contributed by atoms with Gasteiger partial charge in [0.25, 0.3) is 0 Å². The van der Waals surface area contributed by atoms with E-state index in [1.165, 1.54) is 23.6 Å². The van der Waals surface area contributed by atoms with Crippen molar-refractivity contribution in [2.45, 2.75) is 24.9 Å². The number of benzene rings is 1. The Morgan fingerprint density at radius 2 is 2.07 bits per heavy atom. The molecule has 2 atom stereocenters. The molecular weight excluding hydrogens is 380 g/mol. The Morgan fingerprint density at radius 1 is 1.25 bits per heavy atom. The molecule has 0 radical (unpaired) electrons. The van der Waals surface area contributed by atoms with Crippen LogP contribution in [-0.2, 0) is 20.9 Å². The van der Waals surface area contributed by atoms with E-state index in [0.717, 1.165) is 5.56 Å². The molecule has 0 unspecified atom stereocenters. The number of furan rings is 1. The Bertz CT molecular complexity index is 954. The van der Waals surface area contributed by atoms with Crippen molar-refractivity contribution < 1.29 is 23.2 Å². The molecule has 0 saturated carbocycles. The highest BCUT2D eigenvalue weighted by molar-refractivity contribution is 7.99. The maximum atomic E-state index is 12.6. The number of rotatable bonds is 5. The normalized spacial score (nSPS) is 19.0. The van der Waals surface area contributed by atoms with Crippen LogP contribution in [0.25, 0.3) is 11.3 Å². The van der Waals surface area contributed by atoms with Gasteiger partial charge in [0.2, 0.25) is 11.8 Å². The fourth-order valence-corrected chi connectivity index (χ4v) is 4.48. The van der Waals surface area contributed by atoms with Crippen LogP contribution in [0.15, 0.2) is 63.8 Å². The van der Waals surface area contributed by atoms with E-state index in [9.17, 15) is 9.59 Å². The molecule has 4 rings (SSSR count). The highest BCUT2D eigenvalue weighted by Crippen LogP contribution is 2.41. The zero-order valence-corrected chi connectivity index (χ0v) is 15.9. The van der Waals surface area contributed by atoms with Crippen molar-refractivity contribution in [2.75, 3.05) is 5.75 Å². The van der Waals surface area contributed by atoms with Crippen molar-refractivity contribution in [1.82, 2.24) is 9.88 Å². The molecule has 1 amide bonds. The maximum Gasteiger partial charge on any atom is 0.330 e. The van der Waals surface area contributed by atoms with E-state index in [0.29, 0.717) is 23.2 Å². The van der Waals surface area contributed by atoms with E-state index < -0.39 is 12.0 Å². The van der Waals surface area contributed by atoms with E-state index in [1.54, 1.807) is 24.6 Å². The number of aromatic nitrogens is 1. The lowest BCUT2D eigenvalue weighted by molar-refractivity contribution is -0.155. The molecule has 1 aliphatic heterocycles. The molecular formula is C20H18N2O5S. The van der Waals surface area contributed by atoms with E-state index in [-0.39, 0.29) is 17.9 Å². The molecule has 1 fully saturated rings. The van der Waals surface area contributed by atoms with Gasteiger partial charge in [-0.25, -0.2) is 9.78 Å². The van der Waals surface area contributed by atoms with Gasteiger partial charge in [-0.2, -0.15) is 0 Å². The molecule has 0 spiro atoms. The van der Waals surface area contributed by atoms with Crippen LogP contribution in [-0.4, -0.2) is 33.6 Å². The first-order valence-electron chi connectivity index (χ1n) is 8.74. The average molecular weight is 398 g/mol. The lowest BCUT2D eigenvalue weighted by Crippen LogP contribution is -2.42. The number of amides is 1. The first kappa shape index (κ1) is 18.4. The van der Waals surface area contributed by atoms with Crippen molar-refractivity contribution in [3.05, 3.63) is 66.6 Å². The van der Waals surface area contributed by atoms with Gasteiger partial charge in [-0.1, -0.05) is 30.3 Å². The summed E-state index contributed by atoms with van der Waals surface area (Å²) in [4.78, 5) is 30.4. The van der Waals surface area contributed by atoms with Gasteiger partial charge in [0.15, 0.2) is 12.4 Å². The summed E-state index contributed by atoms with van der Waals surface area (Å²) in [5.74, 6) is 1.27. The van der Waals surface area contributed by atoms with Gasteiger partial charge in [0, 0.05) is 18.2 Å². The number of carbonyl (C=O) groups excluding carboxylic acids is 2. The molecule has 3 aromatic rings. The number of hydrogen-bond donors (Lipinski definition) is 0. The highest BCUT2D eigenvalue weighted by Gasteiger charge is 2.43. The van der Waals surface area contributed by atoms with Crippen LogP contribution in [0.2, 0.25) is 0 Å². The third-order valence-corrected chi connectivity index (χ3v) is 5.66. The number of ether oxygens (including phenoxy) is 1. The quantitative estimate of drug-likeness (QED) is 0.607. The fourth-order valence-electron chi connectivity index (χ4n) is 3.07. The van der Waals surface area contributed by atoms with Crippen LogP contribution in [0.3, 0.4) is 0 Å². The summed E-state index contributed by atoms with van der Waals surface area (Å²) in [6.07, 6.45) is 3.14. The topological polar surface area (TPSA) is 85.8 Å². The second-order valence-corrected chi connectivity index (χ2v) is 7.35. The summed E-state index contributed by atoms with van der Waals surface area (Å²) >= 11 is 1.47. The molecule has 3 heterocycles. The second-order valence-electron chi connectivity index (χ2n) is 6.24. The van der Waals surface area contributed by atoms with Crippen LogP contribution in [0.1, 0.15) is 23.9 Å². The molecule has 1 aliphatic rings. The number of thioether (sulfide) groups is 1. The van der Waals surface area contributed by atoms with E-state index in [2.05, 4.69) is 4.98 Å². The van der Waals surface area contributed by atoms with Crippen molar-refractivity contribution >= 4 is 23.6 Å². The number of oxazole rings is 1. The zero-order chi connectivity index (χ0) is 19.5. The number of hydrogen-bond acceptors (Lipinski definition) is 7. The minimum absolute atomic E-state index is 0.0933. The Labute approximate surface area is 165 Å². The van der Waals surface area contributed by atoms with E-state index >= 15 is 0 Å². The molecule has 8 heteroatoms. The van der Waals surface area contributed by atoms with Crippen molar-refractivity contribution in [3.8, 4) is 11.3 Å². The summed E-state index contributed by atoms with van der Waals surface area (Å²) in [5, 5.41) is -0.337. The molecule has 144 valence electrons. The summed E-state index contributed by atoms with van der Waals surface area (Å²) in [7, 11) is 0. The fraction of sp³-hybridized carbons (Fsp3) is 0.250. The molecule has 28 heavy (non-hydrogen) atoms. The van der Waals surface area contributed by atoms with Gasteiger partial charge in [0.1, 0.15) is 17.2 Å². The number of carbonyl (C=O) groups is 2. The van der Waals surface area contributed by atoms with Crippen LogP contribution in [0, 0.1) is 0 Å². The molecule has 0 bridgehead atoms. The van der Waals surface area contributed by atoms with E-state index in [4.69, 9.17) is 13.6 Å². The summed E-state index contributed by atoms with van der Waals surface area (Å²) in [5.41, 5.74) is 0.892. The molecule has 0 aliphatic carbocycles. The third-order valence-electron chi connectivity index (χ3n) is 4.37. The largest absolute Gasteiger partial charge is 0.466 e. The predicted octanol–water partition coefficient (Wildman–Crippen LogP) is 3.64. The average Bonchev–Trinajstić information content (AvgIpc) is 3.46. The first-order valence-corrected chi connectivity index (χ1v) is 9.79. The molecule has 0 N–H and O–H groups in total. The zero-order valence-electron chi connectivity index (χ0n) is 15.1. The summed E-state index contributed by atoms with van der Waals surface area (Å²) in [6.45, 7) is 1.34. The minimum Gasteiger partial charge on any atom is -0.466 e. The lowest BCUT2D eigenvalue weighted by atomic mass is 10.2. The third kappa shape index (κ3) is 3.68. The smallest absolute Gasteiger partial charge is 0.330 e. The Morgan fingerprint density at radius 3 is 2.79 bits per heavy atom. The minimum atomic E-state index is -0.679. The molecule has 1 saturated heterocycles. The SMILES string of the molecule is CC(=O)N1[C@@H](C(=O)OCc2ncc(-c3ccccc3)o2)CS[C@@H]1c1ccco1. The first-order chi connectivity index (χ1) is 13.6. The highest BCUT2D eigenvalue weighted by atomic mass is 32.2. The Balaban J connectivity index is 1.41. The van der Waals surface area contributed by atoms with Gasteiger partial charge in [-0.05, 0) is 12.1 Å². The lowest BCUT2D eigenvalue weighted by Gasteiger charge is -2.25.